The molecule has 0 aromatic heterocycles. The van der Waals surface area contributed by atoms with Gasteiger partial charge in [-0.05, 0) is 65.7 Å². The van der Waals surface area contributed by atoms with E-state index < -0.39 is 12.3 Å². The van der Waals surface area contributed by atoms with Crippen LogP contribution in [-0.4, -0.2) is 79.4 Å². The van der Waals surface area contributed by atoms with Crippen molar-refractivity contribution in [3.63, 3.8) is 0 Å². The van der Waals surface area contributed by atoms with E-state index in [2.05, 4.69) is 10.6 Å². The van der Waals surface area contributed by atoms with Crippen molar-refractivity contribution in [2.75, 3.05) is 39.5 Å². The maximum atomic E-state index is 11.9. The number of aliphatic hydroxyl groups is 1. The van der Waals surface area contributed by atoms with E-state index in [0.717, 1.165) is 57.8 Å². The molecule has 0 bridgehead atoms. The molecule has 0 aromatic rings. The third-order valence-corrected chi connectivity index (χ3v) is 5.56. The minimum Gasteiger partial charge on any atom is -0.481 e. The molecule has 0 radical (unpaired) electrons. The number of hydrogen-bond donors (Lipinski definition) is 4. The molecular formula is C28H54N2O8. The fourth-order valence-corrected chi connectivity index (χ4v) is 3.59. The molecule has 0 aliphatic heterocycles. The summed E-state index contributed by atoms with van der Waals surface area (Å²) >= 11 is 0. The molecule has 1 unspecified atom stereocenters. The van der Waals surface area contributed by atoms with Crippen molar-refractivity contribution in [1.29, 1.82) is 0 Å². The minimum atomic E-state index is -0.972. The van der Waals surface area contributed by atoms with E-state index in [-0.39, 0.29) is 30.3 Å². The molecule has 2 amide bonds. The number of hydrogen-bond acceptors (Lipinski definition) is 7. The van der Waals surface area contributed by atoms with E-state index >= 15 is 0 Å². The molecule has 0 aliphatic rings. The van der Waals surface area contributed by atoms with Crippen molar-refractivity contribution >= 4 is 17.8 Å². The number of unbranched alkanes of at least 4 members (excludes halogenated alkanes) is 6. The van der Waals surface area contributed by atoms with Gasteiger partial charge in [0.1, 0.15) is 0 Å². The van der Waals surface area contributed by atoms with Crippen LogP contribution in [0.2, 0.25) is 0 Å². The highest BCUT2D eigenvalue weighted by atomic mass is 16.6. The Balaban J connectivity index is 3.29. The van der Waals surface area contributed by atoms with Gasteiger partial charge in [0.15, 0.2) is 6.29 Å². The topological polar surface area (TPSA) is 143 Å². The minimum absolute atomic E-state index is 0.00629. The average molecular weight is 547 g/mol. The molecule has 0 saturated carbocycles. The lowest BCUT2D eigenvalue weighted by Gasteiger charge is -2.23. The summed E-state index contributed by atoms with van der Waals surface area (Å²) in [5.41, 5.74) is -0.316. The molecule has 0 rings (SSSR count). The third-order valence-electron chi connectivity index (χ3n) is 5.56. The van der Waals surface area contributed by atoms with Gasteiger partial charge in [-0.3, -0.25) is 14.4 Å². The number of amides is 2. The van der Waals surface area contributed by atoms with Crippen molar-refractivity contribution in [3.8, 4) is 0 Å². The molecule has 0 spiro atoms. The molecule has 38 heavy (non-hydrogen) atoms. The Morgan fingerprint density at radius 2 is 1.13 bits per heavy atom. The second-order valence-corrected chi connectivity index (χ2v) is 10.6. The van der Waals surface area contributed by atoms with Crippen LogP contribution in [0.5, 0.6) is 0 Å². The molecule has 10 heteroatoms. The lowest BCUT2D eigenvalue weighted by atomic mass is 10.1. The summed E-state index contributed by atoms with van der Waals surface area (Å²) < 4.78 is 16.6. The van der Waals surface area contributed by atoms with Crippen LogP contribution in [0.15, 0.2) is 0 Å². The van der Waals surface area contributed by atoms with Crippen molar-refractivity contribution in [2.45, 2.75) is 123 Å². The van der Waals surface area contributed by atoms with E-state index in [4.69, 9.17) is 19.3 Å². The summed E-state index contributed by atoms with van der Waals surface area (Å²) in [6.45, 7) is 9.42. The molecular weight excluding hydrogens is 492 g/mol. The first-order chi connectivity index (χ1) is 18.1. The maximum absolute atomic E-state index is 11.9. The van der Waals surface area contributed by atoms with Crippen molar-refractivity contribution in [3.05, 3.63) is 0 Å². The molecule has 0 heterocycles. The van der Waals surface area contributed by atoms with Crippen LogP contribution in [0.3, 0.4) is 0 Å². The fraction of sp³-hybridized carbons (Fsp3) is 0.893. The quantitative estimate of drug-likeness (QED) is 0.0944. The fourth-order valence-electron chi connectivity index (χ4n) is 3.59. The highest BCUT2D eigenvalue weighted by Crippen LogP contribution is 2.15. The summed E-state index contributed by atoms with van der Waals surface area (Å²) in [5.74, 6) is -1.12. The zero-order valence-corrected chi connectivity index (χ0v) is 24.1. The number of carboxylic acid groups (broad SMARTS) is 1. The van der Waals surface area contributed by atoms with E-state index in [1.807, 2.05) is 20.8 Å². The predicted molar refractivity (Wildman–Crippen MR) is 147 cm³/mol. The van der Waals surface area contributed by atoms with Gasteiger partial charge in [-0.25, -0.2) is 0 Å². The zero-order chi connectivity index (χ0) is 28.5. The molecule has 0 saturated heterocycles. The van der Waals surface area contributed by atoms with Crippen LogP contribution in [0.4, 0.5) is 0 Å². The second kappa shape index (κ2) is 24.3. The Morgan fingerprint density at radius 3 is 1.66 bits per heavy atom. The predicted octanol–water partition coefficient (Wildman–Crippen LogP) is 3.93. The van der Waals surface area contributed by atoms with Crippen molar-refractivity contribution < 1.29 is 38.8 Å². The first-order valence-corrected chi connectivity index (χ1v) is 14.4. The van der Waals surface area contributed by atoms with Crippen molar-refractivity contribution in [1.82, 2.24) is 10.6 Å². The van der Waals surface area contributed by atoms with Crippen LogP contribution in [0.1, 0.15) is 111 Å². The molecule has 10 nitrogen and oxygen atoms in total. The standard InChI is InChI=1S/C28H54N2O8/c1-28(2,3)38-27(35)15-9-7-5-4-6-8-14-24(31)29-18-12-22-36-20-10-11-21-37-23-13-19-30-25(32)16-17-26(33)34/h27,35H,4-23H2,1-3H3,(H,29,31)(H,30,32)(H,33,34). The van der Waals surface area contributed by atoms with E-state index in [0.29, 0.717) is 58.8 Å². The number of aliphatic carboxylic acids is 1. The van der Waals surface area contributed by atoms with Crippen LogP contribution in [-0.2, 0) is 28.6 Å². The average Bonchev–Trinajstić information content (AvgIpc) is 2.83. The third kappa shape index (κ3) is 28.8. The van der Waals surface area contributed by atoms with Gasteiger partial charge in [-0.1, -0.05) is 25.7 Å². The Kier molecular flexibility index (Phi) is 23.2. The van der Waals surface area contributed by atoms with Crippen LogP contribution in [0.25, 0.3) is 0 Å². The highest BCUT2D eigenvalue weighted by molar-refractivity contribution is 5.80. The number of rotatable bonds is 26. The molecule has 4 N–H and O–H groups in total. The van der Waals surface area contributed by atoms with Crippen LogP contribution < -0.4 is 10.6 Å². The maximum Gasteiger partial charge on any atom is 0.303 e. The number of carbonyl (C=O) groups excluding carboxylic acids is 2. The largest absolute Gasteiger partial charge is 0.481 e. The Bertz CT molecular complexity index is 610. The SMILES string of the molecule is CC(C)(C)OC(O)CCCCCCCCC(=O)NCCCOCCCCOCCCNC(=O)CCC(=O)O. The summed E-state index contributed by atoms with van der Waals surface area (Å²) in [6, 6.07) is 0. The lowest BCUT2D eigenvalue weighted by Crippen LogP contribution is -2.27. The van der Waals surface area contributed by atoms with Gasteiger partial charge >= 0.3 is 5.97 Å². The Labute approximate surface area is 229 Å². The number of ether oxygens (including phenoxy) is 3. The molecule has 0 fully saturated rings. The summed E-state index contributed by atoms with van der Waals surface area (Å²) in [4.78, 5) is 33.7. The number of carbonyl (C=O) groups is 3. The summed E-state index contributed by atoms with van der Waals surface area (Å²) in [7, 11) is 0. The van der Waals surface area contributed by atoms with Gasteiger partial charge in [-0.2, -0.15) is 0 Å². The molecule has 224 valence electrons. The first kappa shape index (κ1) is 36.2. The van der Waals surface area contributed by atoms with Crippen LogP contribution in [0, 0.1) is 0 Å². The monoisotopic (exact) mass is 546 g/mol. The first-order valence-electron chi connectivity index (χ1n) is 14.4. The van der Waals surface area contributed by atoms with Crippen molar-refractivity contribution in [2.24, 2.45) is 0 Å². The highest BCUT2D eigenvalue weighted by Gasteiger charge is 2.15. The van der Waals surface area contributed by atoms with Gasteiger partial charge in [0, 0.05) is 52.4 Å². The normalized spacial score (nSPS) is 12.3. The zero-order valence-electron chi connectivity index (χ0n) is 24.1. The van der Waals surface area contributed by atoms with Gasteiger partial charge in [0.2, 0.25) is 11.8 Å². The van der Waals surface area contributed by atoms with E-state index in [1.54, 1.807) is 0 Å². The molecule has 0 aliphatic carbocycles. The lowest BCUT2D eigenvalue weighted by molar-refractivity contribution is -0.168. The number of aliphatic hydroxyl groups excluding tert-OH is 1. The Hall–Kier alpha value is -1.75. The van der Waals surface area contributed by atoms with Crippen LogP contribution >= 0.6 is 0 Å². The van der Waals surface area contributed by atoms with Gasteiger partial charge in [0.05, 0.1) is 12.0 Å². The van der Waals surface area contributed by atoms with Gasteiger partial charge < -0.3 is 35.1 Å². The second-order valence-electron chi connectivity index (χ2n) is 10.6. The smallest absolute Gasteiger partial charge is 0.303 e. The number of carboxylic acids is 1. The molecule has 1 atom stereocenters. The summed E-state index contributed by atoms with van der Waals surface area (Å²) in [6.07, 6.45) is 9.90. The van der Waals surface area contributed by atoms with Gasteiger partial charge in [-0.15, -0.1) is 0 Å². The Morgan fingerprint density at radius 1 is 0.658 bits per heavy atom. The number of nitrogens with one attached hydrogen (secondary N) is 2. The summed E-state index contributed by atoms with van der Waals surface area (Å²) in [5, 5.41) is 24.0. The molecule has 0 aromatic carbocycles. The van der Waals surface area contributed by atoms with E-state index in [1.165, 1.54) is 0 Å². The van der Waals surface area contributed by atoms with E-state index in [9.17, 15) is 19.5 Å². The van der Waals surface area contributed by atoms with Gasteiger partial charge in [0.25, 0.3) is 0 Å².